The molecule has 37 heavy (non-hydrogen) atoms. The molecule has 1 aliphatic rings. The quantitative estimate of drug-likeness (QED) is 0.0780. The van der Waals surface area contributed by atoms with Crippen LogP contribution in [0.3, 0.4) is 0 Å². The van der Waals surface area contributed by atoms with Gasteiger partial charge in [0, 0.05) is 20.3 Å². The third-order valence-electron chi connectivity index (χ3n) is 5.60. The summed E-state index contributed by atoms with van der Waals surface area (Å²) in [6.07, 6.45) is 0. The molecule has 1 aromatic heterocycles. The first-order valence-electron chi connectivity index (χ1n) is 10.8. The average Bonchev–Trinajstić information content (AvgIpc) is 3.46. The molecule has 1 atom stereocenters. The van der Waals surface area contributed by atoms with Gasteiger partial charge in [0.1, 0.15) is 11.6 Å². The standard InChI is InChI=1S/C26H16Br2FN3O3S2/c27-17-8-6-15(7-9-17)22(33)20-21(16-2-1-3-18(28)12-16)32(24(35)23(20)34)25-30-31-26(37-25)36-13-14-4-10-19(29)11-5-14/h1-12,21,33H,13H2/b22-20-. The SMILES string of the molecule is O=C1C(=O)N(c2nnc(SCc3ccc(F)cc3)s2)C(c2cccc(Br)c2)/C1=C(/O)c1ccc(Br)cc1. The fourth-order valence-electron chi connectivity index (χ4n) is 3.87. The van der Waals surface area contributed by atoms with Crippen LogP contribution in [0.15, 0.2) is 91.7 Å². The topological polar surface area (TPSA) is 83.4 Å². The number of carbonyl (C=O) groups excluding carboxylic acids is 2. The van der Waals surface area contributed by atoms with E-state index in [1.165, 1.54) is 40.1 Å². The molecule has 11 heteroatoms. The van der Waals surface area contributed by atoms with E-state index in [1.54, 1.807) is 54.6 Å². The predicted octanol–water partition coefficient (Wildman–Crippen LogP) is 7.12. The second-order valence-corrected chi connectivity index (χ2v) is 12.0. The van der Waals surface area contributed by atoms with Gasteiger partial charge in [0.2, 0.25) is 5.13 Å². The van der Waals surface area contributed by atoms with Gasteiger partial charge in [-0.25, -0.2) is 4.39 Å². The fraction of sp³-hybridized carbons (Fsp3) is 0.0769. The maximum absolute atomic E-state index is 13.3. The van der Waals surface area contributed by atoms with E-state index < -0.39 is 17.7 Å². The van der Waals surface area contributed by atoms with Crippen molar-refractivity contribution in [2.24, 2.45) is 0 Å². The highest BCUT2D eigenvalue weighted by Crippen LogP contribution is 2.44. The Balaban J connectivity index is 1.53. The van der Waals surface area contributed by atoms with Gasteiger partial charge < -0.3 is 5.11 Å². The third kappa shape index (κ3) is 5.40. The van der Waals surface area contributed by atoms with Crippen molar-refractivity contribution in [1.29, 1.82) is 0 Å². The molecule has 1 fully saturated rings. The van der Waals surface area contributed by atoms with Crippen LogP contribution in [0.4, 0.5) is 9.52 Å². The third-order valence-corrected chi connectivity index (χ3v) is 8.75. The second-order valence-electron chi connectivity index (χ2n) is 8.00. The molecule has 1 amide bonds. The lowest BCUT2D eigenvalue weighted by molar-refractivity contribution is -0.132. The van der Waals surface area contributed by atoms with Gasteiger partial charge in [-0.05, 0) is 47.5 Å². The molecule has 2 heterocycles. The summed E-state index contributed by atoms with van der Waals surface area (Å²) in [5.74, 6) is -1.64. The van der Waals surface area contributed by atoms with Crippen molar-refractivity contribution in [1.82, 2.24) is 10.2 Å². The van der Waals surface area contributed by atoms with Crippen LogP contribution < -0.4 is 4.90 Å². The Morgan fingerprint density at radius 3 is 2.43 bits per heavy atom. The van der Waals surface area contributed by atoms with Gasteiger partial charge in [0.25, 0.3) is 5.78 Å². The highest BCUT2D eigenvalue weighted by atomic mass is 79.9. The lowest BCUT2D eigenvalue weighted by Gasteiger charge is -2.22. The summed E-state index contributed by atoms with van der Waals surface area (Å²) in [5.41, 5.74) is 1.92. The van der Waals surface area contributed by atoms with E-state index in [9.17, 15) is 19.1 Å². The van der Waals surface area contributed by atoms with Gasteiger partial charge in [-0.15, -0.1) is 10.2 Å². The number of amides is 1. The predicted molar refractivity (Wildman–Crippen MR) is 149 cm³/mol. The van der Waals surface area contributed by atoms with E-state index in [0.717, 1.165) is 14.5 Å². The number of rotatable bonds is 6. The Morgan fingerprint density at radius 2 is 1.73 bits per heavy atom. The molecule has 5 rings (SSSR count). The van der Waals surface area contributed by atoms with Crippen LogP contribution in [0.2, 0.25) is 0 Å². The summed E-state index contributed by atoms with van der Waals surface area (Å²) in [5, 5.41) is 19.8. The summed E-state index contributed by atoms with van der Waals surface area (Å²) < 4.78 is 15.3. The molecule has 0 aliphatic carbocycles. The van der Waals surface area contributed by atoms with Crippen LogP contribution in [-0.2, 0) is 15.3 Å². The number of Topliss-reactive ketones (excluding diaryl/α,β-unsaturated/α-hetero) is 1. The molecule has 3 aromatic carbocycles. The minimum Gasteiger partial charge on any atom is -0.507 e. The zero-order valence-electron chi connectivity index (χ0n) is 18.8. The highest BCUT2D eigenvalue weighted by Gasteiger charge is 2.48. The molecule has 0 radical (unpaired) electrons. The van der Waals surface area contributed by atoms with Gasteiger partial charge in [-0.2, -0.15) is 0 Å². The Bertz CT molecular complexity index is 1520. The van der Waals surface area contributed by atoms with Crippen LogP contribution in [-0.4, -0.2) is 27.0 Å². The highest BCUT2D eigenvalue weighted by molar-refractivity contribution is 9.10. The Labute approximate surface area is 236 Å². The van der Waals surface area contributed by atoms with Gasteiger partial charge in [-0.3, -0.25) is 14.5 Å². The summed E-state index contributed by atoms with van der Waals surface area (Å²) in [4.78, 5) is 27.9. The van der Waals surface area contributed by atoms with Crippen LogP contribution in [0.1, 0.15) is 22.7 Å². The lowest BCUT2D eigenvalue weighted by atomic mass is 9.95. The number of anilines is 1. The van der Waals surface area contributed by atoms with E-state index in [-0.39, 0.29) is 22.3 Å². The largest absolute Gasteiger partial charge is 0.507 e. The summed E-state index contributed by atoms with van der Waals surface area (Å²) in [6.45, 7) is 0. The molecule has 0 saturated carbocycles. The molecule has 6 nitrogen and oxygen atoms in total. The summed E-state index contributed by atoms with van der Waals surface area (Å²) in [7, 11) is 0. The maximum Gasteiger partial charge on any atom is 0.301 e. The minimum atomic E-state index is -0.899. The number of hydrogen-bond acceptors (Lipinski definition) is 7. The van der Waals surface area contributed by atoms with Crippen LogP contribution in [0, 0.1) is 5.82 Å². The van der Waals surface area contributed by atoms with Crippen molar-refractivity contribution in [3.63, 3.8) is 0 Å². The number of aliphatic hydroxyl groups excluding tert-OH is 1. The van der Waals surface area contributed by atoms with Crippen molar-refractivity contribution >= 4 is 77.5 Å². The molecule has 0 bridgehead atoms. The molecule has 1 saturated heterocycles. The van der Waals surface area contributed by atoms with Gasteiger partial charge >= 0.3 is 5.91 Å². The minimum absolute atomic E-state index is 0.0267. The van der Waals surface area contributed by atoms with Crippen molar-refractivity contribution in [3.05, 3.63) is 110 Å². The number of halogens is 3. The zero-order valence-corrected chi connectivity index (χ0v) is 23.6. The zero-order chi connectivity index (χ0) is 26.1. The monoisotopic (exact) mass is 659 g/mol. The van der Waals surface area contributed by atoms with Crippen LogP contribution >= 0.6 is 55.0 Å². The number of carbonyl (C=O) groups is 2. The fourth-order valence-corrected chi connectivity index (χ4v) is 6.37. The Kier molecular flexibility index (Phi) is 7.57. The number of hydrogen-bond donors (Lipinski definition) is 1. The van der Waals surface area contributed by atoms with Gasteiger partial charge in [0.15, 0.2) is 4.34 Å². The van der Waals surface area contributed by atoms with Gasteiger partial charge in [-0.1, -0.05) is 91.4 Å². The van der Waals surface area contributed by atoms with E-state index in [2.05, 4.69) is 42.1 Å². The van der Waals surface area contributed by atoms with Crippen LogP contribution in [0.25, 0.3) is 5.76 Å². The molecule has 4 aromatic rings. The first-order valence-corrected chi connectivity index (χ1v) is 14.2. The summed E-state index contributed by atoms with van der Waals surface area (Å²) in [6, 6.07) is 19.3. The van der Waals surface area contributed by atoms with Crippen molar-refractivity contribution in [2.45, 2.75) is 16.1 Å². The first-order chi connectivity index (χ1) is 17.8. The number of benzene rings is 3. The maximum atomic E-state index is 13.3. The van der Waals surface area contributed by atoms with Crippen molar-refractivity contribution in [3.8, 4) is 0 Å². The molecule has 1 N–H and O–H groups in total. The van der Waals surface area contributed by atoms with Crippen molar-refractivity contribution < 1.29 is 19.1 Å². The smallest absolute Gasteiger partial charge is 0.301 e. The lowest BCUT2D eigenvalue weighted by Crippen LogP contribution is -2.29. The Hall–Kier alpha value is -2.86. The molecular weight excluding hydrogens is 645 g/mol. The van der Waals surface area contributed by atoms with Gasteiger partial charge in [0.05, 0.1) is 11.6 Å². The van der Waals surface area contributed by atoms with E-state index in [4.69, 9.17) is 0 Å². The molecule has 0 spiro atoms. The summed E-state index contributed by atoms with van der Waals surface area (Å²) >= 11 is 9.38. The number of aromatic nitrogens is 2. The molecular formula is C26H16Br2FN3O3S2. The molecule has 1 aliphatic heterocycles. The average molecular weight is 661 g/mol. The molecule has 186 valence electrons. The van der Waals surface area contributed by atoms with Crippen LogP contribution in [0.5, 0.6) is 0 Å². The van der Waals surface area contributed by atoms with E-state index in [0.29, 0.717) is 21.2 Å². The number of aliphatic hydroxyl groups is 1. The second kappa shape index (κ2) is 10.9. The van der Waals surface area contributed by atoms with E-state index in [1.807, 2.05) is 6.07 Å². The number of nitrogens with zero attached hydrogens (tertiary/aromatic N) is 3. The first kappa shape index (κ1) is 25.8. The van der Waals surface area contributed by atoms with E-state index >= 15 is 0 Å². The Morgan fingerprint density at radius 1 is 1.00 bits per heavy atom. The van der Waals surface area contributed by atoms with Crippen molar-refractivity contribution in [2.75, 3.05) is 4.90 Å². The number of ketones is 1. The normalized spacial score (nSPS) is 16.9. The molecule has 1 unspecified atom stereocenters. The number of thioether (sulfide) groups is 1.